The van der Waals surface area contributed by atoms with Crippen molar-refractivity contribution in [1.29, 1.82) is 0 Å². The number of rotatable bonds is 2. The van der Waals surface area contributed by atoms with E-state index in [0.717, 1.165) is 17.3 Å². The molecule has 1 aliphatic rings. The van der Waals surface area contributed by atoms with Crippen LogP contribution >= 0.6 is 27.5 Å². The summed E-state index contributed by atoms with van der Waals surface area (Å²) in [4.78, 5) is 12.7. The van der Waals surface area contributed by atoms with E-state index in [1.165, 1.54) is 11.1 Å². The Morgan fingerprint density at radius 3 is 2.79 bits per heavy atom. The van der Waals surface area contributed by atoms with Crippen molar-refractivity contribution in [3.05, 3.63) is 68.7 Å². The third-order valence-corrected chi connectivity index (χ3v) is 4.54. The maximum absolute atomic E-state index is 12.7. The van der Waals surface area contributed by atoms with E-state index in [-0.39, 0.29) is 11.7 Å². The van der Waals surface area contributed by atoms with Crippen LogP contribution in [0.1, 0.15) is 33.8 Å². The molecule has 0 amide bonds. The van der Waals surface area contributed by atoms with Gasteiger partial charge in [0.25, 0.3) is 0 Å². The van der Waals surface area contributed by atoms with E-state index >= 15 is 0 Å². The van der Waals surface area contributed by atoms with E-state index in [2.05, 4.69) is 28.1 Å². The number of Topliss-reactive ketones (excluding diaryl/α,β-unsaturated/α-hetero) is 1. The zero-order chi connectivity index (χ0) is 13.4. The standard InChI is InChI=1S/C16H12BrClO/c17-15-9-11(18)6-8-14(15)16(19)13-7-5-10-3-1-2-4-12(10)13/h1-4,6,8-9,13H,5,7H2. The minimum atomic E-state index is -0.0197. The number of carbonyl (C=O) groups is 1. The fraction of sp³-hybridized carbons (Fsp3) is 0.188. The molecule has 0 aromatic heterocycles. The summed E-state index contributed by atoms with van der Waals surface area (Å²) in [6, 6.07) is 13.5. The average Bonchev–Trinajstić information content (AvgIpc) is 2.82. The van der Waals surface area contributed by atoms with Crippen LogP contribution in [0.2, 0.25) is 5.02 Å². The molecule has 1 atom stereocenters. The number of hydrogen-bond donors (Lipinski definition) is 0. The van der Waals surface area contributed by atoms with E-state index in [1.54, 1.807) is 18.2 Å². The van der Waals surface area contributed by atoms with E-state index in [0.29, 0.717) is 10.6 Å². The van der Waals surface area contributed by atoms with Crippen molar-refractivity contribution in [3.63, 3.8) is 0 Å². The Kier molecular flexibility index (Phi) is 3.46. The van der Waals surface area contributed by atoms with Crippen molar-refractivity contribution in [3.8, 4) is 0 Å². The van der Waals surface area contributed by atoms with Gasteiger partial charge in [0.15, 0.2) is 5.78 Å². The zero-order valence-corrected chi connectivity index (χ0v) is 12.5. The van der Waals surface area contributed by atoms with Crippen LogP contribution in [-0.2, 0) is 6.42 Å². The number of hydrogen-bond acceptors (Lipinski definition) is 1. The molecule has 0 N–H and O–H groups in total. The molecule has 1 aliphatic carbocycles. The van der Waals surface area contributed by atoms with Crippen molar-refractivity contribution in [2.24, 2.45) is 0 Å². The molecule has 2 aromatic rings. The molecule has 0 radical (unpaired) electrons. The summed E-state index contributed by atoms with van der Waals surface area (Å²) in [5.74, 6) is 0.155. The molecule has 0 spiro atoms. The predicted octanol–water partition coefficient (Wildman–Crippen LogP) is 5.02. The summed E-state index contributed by atoms with van der Waals surface area (Å²) < 4.78 is 0.773. The molecule has 0 heterocycles. The monoisotopic (exact) mass is 334 g/mol. The van der Waals surface area contributed by atoms with Crippen molar-refractivity contribution >= 4 is 33.3 Å². The lowest BCUT2D eigenvalue weighted by Crippen LogP contribution is -2.10. The molecule has 0 bridgehead atoms. The van der Waals surface area contributed by atoms with E-state index < -0.39 is 0 Å². The summed E-state index contributed by atoms with van der Waals surface area (Å²) in [7, 11) is 0. The van der Waals surface area contributed by atoms with Crippen LogP contribution in [0, 0.1) is 0 Å². The molecule has 1 nitrogen and oxygen atoms in total. The molecule has 3 heteroatoms. The Hall–Kier alpha value is -1.12. The van der Waals surface area contributed by atoms with Gasteiger partial charge in [-0.2, -0.15) is 0 Å². The normalized spacial score (nSPS) is 17.3. The lowest BCUT2D eigenvalue weighted by Gasteiger charge is -2.12. The molecule has 19 heavy (non-hydrogen) atoms. The fourth-order valence-corrected chi connectivity index (χ4v) is 3.58. The highest BCUT2D eigenvalue weighted by molar-refractivity contribution is 9.10. The maximum Gasteiger partial charge on any atom is 0.171 e. The molecule has 0 fully saturated rings. The number of ketones is 1. The summed E-state index contributed by atoms with van der Waals surface area (Å²) in [6.45, 7) is 0. The van der Waals surface area contributed by atoms with E-state index in [4.69, 9.17) is 11.6 Å². The summed E-state index contributed by atoms with van der Waals surface area (Å²) in [6.07, 6.45) is 1.88. The number of benzene rings is 2. The van der Waals surface area contributed by atoms with Crippen LogP contribution in [0.3, 0.4) is 0 Å². The van der Waals surface area contributed by atoms with Crippen LogP contribution < -0.4 is 0 Å². The van der Waals surface area contributed by atoms with Gasteiger partial charge in [-0.3, -0.25) is 4.79 Å². The Balaban J connectivity index is 1.98. The Morgan fingerprint density at radius 2 is 2.00 bits per heavy atom. The van der Waals surface area contributed by atoms with Gasteiger partial charge in [-0.1, -0.05) is 35.9 Å². The maximum atomic E-state index is 12.7. The summed E-state index contributed by atoms with van der Waals surface area (Å²) in [5, 5.41) is 0.634. The Morgan fingerprint density at radius 1 is 1.21 bits per heavy atom. The van der Waals surface area contributed by atoms with E-state index in [1.807, 2.05) is 12.1 Å². The third-order valence-electron chi connectivity index (χ3n) is 3.65. The summed E-state index contributed by atoms with van der Waals surface area (Å²) in [5.41, 5.74) is 3.19. The summed E-state index contributed by atoms with van der Waals surface area (Å²) >= 11 is 9.35. The average molecular weight is 336 g/mol. The largest absolute Gasteiger partial charge is 0.293 e. The Labute approximate surface area is 125 Å². The highest BCUT2D eigenvalue weighted by Crippen LogP contribution is 2.37. The van der Waals surface area contributed by atoms with Crippen LogP contribution in [0.25, 0.3) is 0 Å². The smallest absolute Gasteiger partial charge is 0.171 e. The minimum Gasteiger partial charge on any atom is -0.293 e. The van der Waals surface area contributed by atoms with Crippen molar-refractivity contribution in [2.75, 3.05) is 0 Å². The fourth-order valence-electron chi connectivity index (χ4n) is 2.71. The second kappa shape index (κ2) is 5.10. The predicted molar refractivity (Wildman–Crippen MR) is 81.0 cm³/mol. The van der Waals surface area contributed by atoms with Gasteiger partial charge in [-0.25, -0.2) is 0 Å². The minimum absolute atomic E-state index is 0.0197. The Bertz CT molecular complexity index is 651. The third kappa shape index (κ3) is 2.35. The van der Waals surface area contributed by atoms with Gasteiger partial charge in [0, 0.05) is 21.0 Å². The topological polar surface area (TPSA) is 17.1 Å². The van der Waals surface area contributed by atoms with Crippen molar-refractivity contribution < 1.29 is 4.79 Å². The first-order chi connectivity index (χ1) is 9.16. The number of carbonyl (C=O) groups excluding carboxylic acids is 1. The first-order valence-electron chi connectivity index (χ1n) is 6.24. The molecule has 0 saturated carbocycles. The molecule has 3 rings (SSSR count). The first-order valence-corrected chi connectivity index (χ1v) is 7.41. The lowest BCUT2D eigenvalue weighted by molar-refractivity contribution is 0.0959. The molecular weight excluding hydrogens is 324 g/mol. The SMILES string of the molecule is O=C(c1ccc(Cl)cc1Br)C1CCc2ccccc21. The molecule has 96 valence electrons. The van der Waals surface area contributed by atoms with Crippen LogP contribution in [0.5, 0.6) is 0 Å². The van der Waals surface area contributed by atoms with Gasteiger partial charge in [-0.05, 0) is 58.1 Å². The van der Waals surface area contributed by atoms with Crippen molar-refractivity contribution in [1.82, 2.24) is 0 Å². The van der Waals surface area contributed by atoms with E-state index in [9.17, 15) is 4.79 Å². The molecule has 2 aromatic carbocycles. The quantitative estimate of drug-likeness (QED) is 0.705. The highest BCUT2D eigenvalue weighted by Gasteiger charge is 2.29. The van der Waals surface area contributed by atoms with Gasteiger partial charge >= 0.3 is 0 Å². The molecule has 0 saturated heterocycles. The zero-order valence-electron chi connectivity index (χ0n) is 10.2. The van der Waals surface area contributed by atoms with Gasteiger partial charge in [0.1, 0.15) is 0 Å². The highest BCUT2D eigenvalue weighted by atomic mass is 79.9. The lowest BCUT2D eigenvalue weighted by atomic mass is 9.92. The van der Waals surface area contributed by atoms with Crippen LogP contribution in [-0.4, -0.2) is 5.78 Å². The van der Waals surface area contributed by atoms with Gasteiger partial charge < -0.3 is 0 Å². The second-order valence-electron chi connectivity index (χ2n) is 4.78. The van der Waals surface area contributed by atoms with Gasteiger partial charge in [-0.15, -0.1) is 0 Å². The van der Waals surface area contributed by atoms with Crippen LogP contribution in [0.4, 0.5) is 0 Å². The molecular formula is C16H12BrClO. The molecule has 1 unspecified atom stereocenters. The first kappa shape index (κ1) is 12.9. The van der Waals surface area contributed by atoms with Gasteiger partial charge in [0.2, 0.25) is 0 Å². The molecule has 0 aliphatic heterocycles. The number of halogens is 2. The number of fused-ring (bicyclic) bond motifs is 1. The number of aryl methyl sites for hydroxylation is 1. The van der Waals surface area contributed by atoms with Crippen molar-refractivity contribution in [2.45, 2.75) is 18.8 Å². The van der Waals surface area contributed by atoms with Gasteiger partial charge in [0.05, 0.1) is 0 Å². The second-order valence-corrected chi connectivity index (χ2v) is 6.07. The van der Waals surface area contributed by atoms with Crippen LogP contribution in [0.15, 0.2) is 46.9 Å².